The van der Waals surface area contributed by atoms with Crippen molar-refractivity contribution >= 4 is 17.5 Å². The fourth-order valence-electron chi connectivity index (χ4n) is 2.17. The molecule has 0 aliphatic rings. The predicted molar refractivity (Wildman–Crippen MR) is 97.0 cm³/mol. The van der Waals surface area contributed by atoms with Gasteiger partial charge in [0.05, 0.1) is 6.61 Å². The molecule has 0 spiro atoms. The number of nitrogens with one attached hydrogen (secondary N) is 2. The van der Waals surface area contributed by atoms with Crippen LogP contribution in [0, 0.1) is 0 Å². The first kappa shape index (κ1) is 18.4. The molecule has 6 nitrogen and oxygen atoms in total. The summed E-state index contributed by atoms with van der Waals surface area (Å²) in [5.74, 6) is 0.175. The number of carbonyl (C=O) groups excluding carboxylic acids is 2. The Labute approximate surface area is 147 Å². The van der Waals surface area contributed by atoms with E-state index in [0.717, 1.165) is 18.6 Å². The lowest BCUT2D eigenvalue weighted by Gasteiger charge is -2.08. The molecular formula is C19H23N3O3. The number of unbranched alkanes of at least 4 members (excludes halogenated alkanes) is 1. The van der Waals surface area contributed by atoms with Crippen LogP contribution in [0.3, 0.4) is 0 Å². The van der Waals surface area contributed by atoms with E-state index >= 15 is 0 Å². The highest BCUT2D eigenvalue weighted by atomic mass is 16.5. The van der Waals surface area contributed by atoms with Crippen molar-refractivity contribution in [3.05, 3.63) is 53.9 Å². The first-order chi connectivity index (χ1) is 12.1. The molecule has 25 heavy (non-hydrogen) atoms. The molecule has 0 atom stereocenters. The quantitative estimate of drug-likeness (QED) is 0.722. The lowest BCUT2D eigenvalue weighted by Crippen LogP contribution is -2.25. The molecule has 2 amide bonds. The fourth-order valence-corrected chi connectivity index (χ4v) is 2.17. The number of carbonyl (C=O) groups is 2. The molecule has 6 heteroatoms. The van der Waals surface area contributed by atoms with Crippen molar-refractivity contribution in [1.29, 1.82) is 0 Å². The van der Waals surface area contributed by atoms with Crippen LogP contribution in [-0.2, 0) is 0 Å². The van der Waals surface area contributed by atoms with Gasteiger partial charge in [-0.15, -0.1) is 0 Å². The number of aromatic nitrogens is 1. The monoisotopic (exact) mass is 341 g/mol. The zero-order chi connectivity index (χ0) is 18.1. The van der Waals surface area contributed by atoms with E-state index in [9.17, 15) is 9.59 Å². The van der Waals surface area contributed by atoms with Crippen LogP contribution in [-0.4, -0.2) is 29.9 Å². The SMILES string of the molecule is CCCCNC(=O)c1cc(C(=O)Nc2ccc(OCC)cc2)ccn1. The molecule has 0 saturated heterocycles. The van der Waals surface area contributed by atoms with Gasteiger partial charge < -0.3 is 15.4 Å². The molecular weight excluding hydrogens is 318 g/mol. The normalized spacial score (nSPS) is 10.2. The van der Waals surface area contributed by atoms with Crippen LogP contribution in [0.15, 0.2) is 42.6 Å². The maximum atomic E-state index is 12.4. The van der Waals surface area contributed by atoms with Crippen molar-refractivity contribution in [3.63, 3.8) is 0 Å². The van der Waals surface area contributed by atoms with Crippen molar-refractivity contribution in [2.75, 3.05) is 18.5 Å². The van der Waals surface area contributed by atoms with Crippen LogP contribution < -0.4 is 15.4 Å². The number of anilines is 1. The summed E-state index contributed by atoms with van der Waals surface area (Å²) in [6, 6.07) is 10.2. The molecule has 1 aromatic carbocycles. The standard InChI is InChI=1S/C19H23N3O3/c1-3-5-11-21-19(24)17-13-14(10-12-20-17)18(23)22-15-6-8-16(9-7-15)25-4-2/h6-10,12-13H,3-5,11H2,1-2H3,(H,21,24)(H,22,23). The second kappa shape index (κ2) is 9.42. The van der Waals surface area contributed by atoms with Gasteiger partial charge in [0.2, 0.25) is 0 Å². The smallest absolute Gasteiger partial charge is 0.269 e. The first-order valence-corrected chi connectivity index (χ1v) is 8.42. The molecule has 0 fully saturated rings. The average Bonchev–Trinajstić information content (AvgIpc) is 2.64. The van der Waals surface area contributed by atoms with Gasteiger partial charge in [-0.25, -0.2) is 0 Å². The third kappa shape index (κ3) is 5.60. The number of amides is 2. The van der Waals surface area contributed by atoms with Gasteiger partial charge in [-0.2, -0.15) is 0 Å². The van der Waals surface area contributed by atoms with Crippen LogP contribution in [0.25, 0.3) is 0 Å². The van der Waals surface area contributed by atoms with Crippen LogP contribution in [0.4, 0.5) is 5.69 Å². The maximum absolute atomic E-state index is 12.4. The van der Waals surface area contributed by atoms with E-state index < -0.39 is 0 Å². The first-order valence-electron chi connectivity index (χ1n) is 8.42. The fraction of sp³-hybridized carbons (Fsp3) is 0.316. The molecule has 132 valence electrons. The molecule has 0 unspecified atom stereocenters. The minimum atomic E-state index is -0.297. The van der Waals surface area contributed by atoms with E-state index in [4.69, 9.17) is 4.74 Å². The number of hydrogen-bond donors (Lipinski definition) is 2. The van der Waals surface area contributed by atoms with Crippen molar-refractivity contribution in [2.45, 2.75) is 26.7 Å². The van der Waals surface area contributed by atoms with Crippen LogP contribution >= 0.6 is 0 Å². The van der Waals surface area contributed by atoms with Gasteiger partial charge in [-0.1, -0.05) is 13.3 Å². The van der Waals surface area contributed by atoms with Gasteiger partial charge in [0.1, 0.15) is 11.4 Å². The zero-order valence-corrected chi connectivity index (χ0v) is 14.5. The zero-order valence-electron chi connectivity index (χ0n) is 14.5. The van der Waals surface area contributed by atoms with Crippen LogP contribution in [0.1, 0.15) is 47.5 Å². The van der Waals surface area contributed by atoms with Gasteiger partial charge in [0.15, 0.2) is 0 Å². The number of rotatable bonds is 8. The maximum Gasteiger partial charge on any atom is 0.269 e. The Kier molecular flexibility index (Phi) is 6.95. The summed E-state index contributed by atoms with van der Waals surface area (Å²) in [6.45, 7) is 5.15. The van der Waals surface area contributed by atoms with Gasteiger partial charge in [-0.05, 0) is 49.7 Å². The molecule has 0 bridgehead atoms. The Morgan fingerprint density at radius 3 is 2.52 bits per heavy atom. The Morgan fingerprint density at radius 1 is 1.08 bits per heavy atom. The lowest BCUT2D eigenvalue weighted by atomic mass is 10.2. The summed E-state index contributed by atoms with van der Waals surface area (Å²) >= 11 is 0. The summed E-state index contributed by atoms with van der Waals surface area (Å²) in [5.41, 5.74) is 1.26. The topological polar surface area (TPSA) is 80.3 Å². The highest BCUT2D eigenvalue weighted by molar-refractivity contribution is 6.05. The predicted octanol–water partition coefficient (Wildman–Crippen LogP) is 3.26. The van der Waals surface area contributed by atoms with Crippen molar-refractivity contribution in [1.82, 2.24) is 10.3 Å². The molecule has 1 aromatic heterocycles. The van der Waals surface area contributed by atoms with E-state index in [1.165, 1.54) is 12.3 Å². The Morgan fingerprint density at radius 2 is 1.84 bits per heavy atom. The van der Waals surface area contributed by atoms with Gasteiger partial charge >= 0.3 is 0 Å². The van der Waals surface area contributed by atoms with E-state index in [0.29, 0.717) is 24.4 Å². The van der Waals surface area contributed by atoms with E-state index in [2.05, 4.69) is 22.5 Å². The number of pyridine rings is 1. The molecule has 0 aliphatic heterocycles. The van der Waals surface area contributed by atoms with Gasteiger partial charge in [0.25, 0.3) is 11.8 Å². The highest BCUT2D eigenvalue weighted by Crippen LogP contribution is 2.16. The molecule has 2 rings (SSSR count). The minimum Gasteiger partial charge on any atom is -0.494 e. The molecule has 2 aromatic rings. The molecule has 1 heterocycles. The second-order valence-electron chi connectivity index (χ2n) is 5.45. The summed E-state index contributed by atoms with van der Waals surface area (Å²) < 4.78 is 5.37. The van der Waals surface area contributed by atoms with Crippen LogP contribution in [0.5, 0.6) is 5.75 Å². The summed E-state index contributed by atoms with van der Waals surface area (Å²) in [6.07, 6.45) is 3.36. The molecule has 2 N–H and O–H groups in total. The van der Waals surface area contributed by atoms with Crippen molar-refractivity contribution < 1.29 is 14.3 Å². The van der Waals surface area contributed by atoms with E-state index in [-0.39, 0.29) is 17.5 Å². The van der Waals surface area contributed by atoms with E-state index in [1.54, 1.807) is 30.3 Å². The molecule has 0 radical (unpaired) electrons. The third-order valence-corrected chi connectivity index (χ3v) is 3.49. The largest absolute Gasteiger partial charge is 0.494 e. The second-order valence-corrected chi connectivity index (χ2v) is 5.45. The number of hydrogen-bond acceptors (Lipinski definition) is 4. The number of nitrogens with zero attached hydrogens (tertiary/aromatic N) is 1. The van der Waals surface area contributed by atoms with E-state index in [1.807, 2.05) is 6.92 Å². The summed E-state index contributed by atoms with van der Waals surface area (Å²) in [4.78, 5) is 28.4. The van der Waals surface area contributed by atoms with Gasteiger partial charge in [0, 0.05) is 24.0 Å². The summed E-state index contributed by atoms with van der Waals surface area (Å²) in [7, 11) is 0. The van der Waals surface area contributed by atoms with Crippen LogP contribution in [0.2, 0.25) is 0 Å². The molecule has 0 aliphatic carbocycles. The van der Waals surface area contributed by atoms with Crippen molar-refractivity contribution in [2.24, 2.45) is 0 Å². The Bertz CT molecular complexity index is 714. The Balaban J connectivity index is 2.01. The summed E-state index contributed by atoms with van der Waals surface area (Å²) in [5, 5.41) is 5.58. The minimum absolute atomic E-state index is 0.232. The van der Waals surface area contributed by atoms with Gasteiger partial charge in [-0.3, -0.25) is 14.6 Å². The van der Waals surface area contributed by atoms with Crippen molar-refractivity contribution in [3.8, 4) is 5.75 Å². The highest BCUT2D eigenvalue weighted by Gasteiger charge is 2.12. The average molecular weight is 341 g/mol. The third-order valence-electron chi connectivity index (χ3n) is 3.49. The number of benzene rings is 1. The Hall–Kier alpha value is -2.89. The molecule has 0 saturated carbocycles. The lowest BCUT2D eigenvalue weighted by molar-refractivity contribution is 0.0948. The number of ether oxygens (including phenoxy) is 1.